The van der Waals surface area contributed by atoms with E-state index in [1.807, 2.05) is 12.1 Å². The summed E-state index contributed by atoms with van der Waals surface area (Å²) in [5.41, 5.74) is 1.17. The van der Waals surface area contributed by atoms with Gasteiger partial charge in [-0.05, 0) is 25.6 Å². The van der Waals surface area contributed by atoms with Gasteiger partial charge in [-0.15, -0.1) is 0 Å². The SMILES string of the molecule is C=CCOc1cc(Br)ccc1C(C)NCC. The highest BCUT2D eigenvalue weighted by molar-refractivity contribution is 9.10. The Balaban J connectivity index is 2.91. The lowest BCUT2D eigenvalue weighted by Crippen LogP contribution is -2.18. The quantitative estimate of drug-likeness (QED) is 0.804. The number of ether oxygens (including phenoxy) is 1. The van der Waals surface area contributed by atoms with Gasteiger partial charge in [0, 0.05) is 16.1 Å². The third-order valence-corrected chi connectivity index (χ3v) is 2.80. The molecule has 0 saturated heterocycles. The molecule has 0 aliphatic heterocycles. The molecule has 1 rings (SSSR count). The van der Waals surface area contributed by atoms with E-state index >= 15 is 0 Å². The molecule has 0 aliphatic rings. The molecule has 0 aliphatic carbocycles. The smallest absolute Gasteiger partial charge is 0.125 e. The highest BCUT2D eigenvalue weighted by Crippen LogP contribution is 2.28. The van der Waals surface area contributed by atoms with Gasteiger partial charge in [-0.3, -0.25) is 0 Å². The number of hydrogen-bond donors (Lipinski definition) is 1. The average molecular weight is 284 g/mol. The summed E-state index contributed by atoms with van der Waals surface area (Å²) in [6.45, 7) is 9.36. The zero-order chi connectivity index (χ0) is 12.0. The van der Waals surface area contributed by atoms with Crippen LogP contribution in [0.15, 0.2) is 35.3 Å². The van der Waals surface area contributed by atoms with Crippen LogP contribution >= 0.6 is 15.9 Å². The van der Waals surface area contributed by atoms with Crippen LogP contribution in [0, 0.1) is 0 Å². The molecule has 0 aromatic heterocycles. The van der Waals surface area contributed by atoms with Crippen LogP contribution in [0.4, 0.5) is 0 Å². The van der Waals surface area contributed by atoms with Gasteiger partial charge in [0.25, 0.3) is 0 Å². The molecule has 0 amide bonds. The fourth-order valence-electron chi connectivity index (χ4n) is 1.56. The summed E-state index contributed by atoms with van der Waals surface area (Å²) in [5.74, 6) is 0.905. The van der Waals surface area contributed by atoms with E-state index in [2.05, 4.69) is 47.7 Å². The first kappa shape index (κ1) is 13.3. The summed E-state index contributed by atoms with van der Waals surface area (Å²) in [4.78, 5) is 0. The molecule has 88 valence electrons. The van der Waals surface area contributed by atoms with E-state index in [1.165, 1.54) is 5.56 Å². The molecular weight excluding hydrogens is 266 g/mol. The first-order valence-corrected chi connectivity index (χ1v) is 6.24. The normalized spacial score (nSPS) is 12.2. The Bertz CT molecular complexity index is 352. The van der Waals surface area contributed by atoms with E-state index in [1.54, 1.807) is 6.08 Å². The van der Waals surface area contributed by atoms with Crippen LogP contribution in [-0.4, -0.2) is 13.2 Å². The van der Waals surface area contributed by atoms with Gasteiger partial charge in [-0.2, -0.15) is 0 Å². The maximum atomic E-state index is 5.65. The first-order valence-electron chi connectivity index (χ1n) is 5.45. The van der Waals surface area contributed by atoms with Crippen molar-refractivity contribution < 1.29 is 4.74 Å². The monoisotopic (exact) mass is 283 g/mol. The Labute approximate surface area is 106 Å². The van der Waals surface area contributed by atoms with Gasteiger partial charge in [-0.1, -0.05) is 41.6 Å². The number of halogens is 1. The Kier molecular flexibility index (Phi) is 5.56. The molecular formula is C13H18BrNO. The lowest BCUT2D eigenvalue weighted by molar-refractivity contribution is 0.354. The largest absolute Gasteiger partial charge is 0.489 e. The van der Waals surface area contributed by atoms with Gasteiger partial charge < -0.3 is 10.1 Å². The van der Waals surface area contributed by atoms with E-state index in [4.69, 9.17) is 4.74 Å². The second-order valence-corrected chi connectivity index (χ2v) is 4.48. The third kappa shape index (κ3) is 3.65. The minimum atomic E-state index is 0.290. The van der Waals surface area contributed by atoms with Crippen molar-refractivity contribution in [2.24, 2.45) is 0 Å². The molecule has 0 radical (unpaired) electrons. The maximum absolute atomic E-state index is 5.65. The minimum Gasteiger partial charge on any atom is -0.489 e. The summed E-state index contributed by atoms with van der Waals surface area (Å²) in [7, 11) is 0. The van der Waals surface area contributed by atoms with Crippen molar-refractivity contribution in [3.05, 3.63) is 40.9 Å². The summed E-state index contributed by atoms with van der Waals surface area (Å²) < 4.78 is 6.67. The zero-order valence-electron chi connectivity index (χ0n) is 9.79. The van der Waals surface area contributed by atoms with Crippen LogP contribution in [0.5, 0.6) is 5.75 Å². The standard InChI is InChI=1S/C13H18BrNO/c1-4-8-16-13-9-11(14)6-7-12(13)10(3)15-5-2/h4,6-7,9-10,15H,1,5,8H2,2-3H3. The topological polar surface area (TPSA) is 21.3 Å². The van der Waals surface area contributed by atoms with Gasteiger partial charge in [-0.25, -0.2) is 0 Å². The van der Waals surface area contributed by atoms with Crippen molar-refractivity contribution in [1.82, 2.24) is 5.32 Å². The van der Waals surface area contributed by atoms with E-state index in [0.29, 0.717) is 6.61 Å². The predicted molar refractivity (Wildman–Crippen MR) is 71.9 cm³/mol. The van der Waals surface area contributed by atoms with Crippen molar-refractivity contribution in [2.45, 2.75) is 19.9 Å². The highest BCUT2D eigenvalue weighted by Gasteiger charge is 2.10. The average Bonchev–Trinajstić information content (AvgIpc) is 2.26. The van der Waals surface area contributed by atoms with Crippen LogP contribution in [-0.2, 0) is 0 Å². The molecule has 1 aromatic carbocycles. The van der Waals surface area contributed by atoms with Gasteiger partial charge in [0.2, 0.25) is 0 Å². The fraction of sp³-hybridized carbons (Fsp3) is 0.385. The Hall–Kier alpha value is -0.800. The Morgan fingerprint density at radius 3 is 2.94 bits per heavy atom. The molecule has 0 fully saturated rings. The summed E-state index contributed by atoms with van der Waals surface area (Å²) in [6, 6.07) is 6.39. The summed E-state index contributed by atoms with van der Waals surface area (Å²) >= 11 is 3.45. The second-order valence-electron chi connectivity index (χ2n) is 3.56. The Morgan fingerprint density at radius 1 is 1.56 bits per heavy atom. The Morgan fingerprint density at radius 2 is 2.31 bits per heavy atom. The highest BCUT2D eigenvalue weighted by atomic mass is 79.9. The molecule has 1 unspecified atom stereocenters. The number of rotatable bonds is 6. The van der Waals surface area contributed by atoms with Crippen molar-refractivity contribution >= 4 is 15.9 Å². The van der Waals surface area contributed by atoms with Crippen LogP contribution in [0.1, 0.15) is 25.5 Å². The van der Waals surface area contributed by atoms with Crippen molar-refractivity contribution in [1.29, 1.82) is 0 Å². The van der Waals surface area contributed by atoms with Gasteiger partial charge >= 0.3 is 0 Å². The van der Waals surface area contributed by atoms with Crippen LogP contribution in [0.3, 0.4) is 0 Å². The number of nitrogens with one attached hydrogen (secondary N) is 1. The van der Waals surface area contributed by atoms with Crippen molar-refractivity contribution in [3.63, 3.8) is 0 Å². The van der Waals surface area contributed by atoms with Crippen LogP contribution in [0.25, 0.3) is 0 Å². The van der Waals surface area contributed by atoms with E-state index < -0.39 is 0 Å². The van der Waals surface area contributed by atoms with Gasteiger partial charge in [0.05, 0.1) is 0 Å². The predicted octanol–water partition coefficient (Wildman–Crippen LogP) is 3.68. The van der Waals surface area contributed by atoms with Crippen molar-refractivity contribution in [2.75, 3.05) is 13.2 Å². The second kappa shape index (κ2) is 6.71. The summed E-state index contributed by atoms with van der Waals surface area (Å²) in [5, 5.41) is 3.38. The zero-order valence-corrected chi connectivity index (χ0v) is 11.4. The van der Waals surface area contributed by atoms with Gasteiger partial charge in [0.1, 0.15) is 12.4 Å². The molecule has 3 heteroatoms. The molecule has 1 atom stereocenters. The van der Waals surface area contributed by atoms with Crippen molar-refractivity contribution in [3.8, 4) is 5.75 Å². The van der Waals surface area contributed by atoms with E-state index in [9.17, 15) is 0 Å². The fourth-order valence-corrected chi connectivity index (χ4v) is 1.90. The first-order chi connectivity index (χ1) is 7.69. The molecule has 0 saturated carbocycles. The van der Waals surface area contributed by atoms with E-state index in [-0.39, 0.29) is 6.04 Å². The third-order valence-electron chi connectivity index (χ3n) is 2.31. The number of hydrogen-bond acceptors (Lipinski definition) is 2. The molecule has 0 heterocycles. The molecule has 1 aromatic rings. The van der Waals surface area contributed by atoms with Crippen LogP contribution < -0.4 is 10.1 Å². The molecule has 16 heavy (non-hydrogen) atoms. The lowest BCUT2D eigenvalue weighted by atomic mass is 10.1. The van der Waals surface area contributed by atoms with E-state index in [0.717, 1.165) is 16.8 Å². The lowest BCUT2D eigenvalue weighted by Gasteiger charge is -2.17. The molecule has 2 nitrogen and oxygen atoms in total. The maximum Gasteiger partial charge on any atom is 0.125 e. The van der Waals surface area contributed by atoms with Gasteiger partial charge in [0.15, 0.2) is 0 Å². The number of benzene rings is 1. The minimum absolute atomic E-state index is 0.290. The molecule has 0 spiro atoms. The molecule has 1 N–H and O–H groups in total. The summed E-state index contributed by atoms with van der Waals surface area (Å²) in [6.07, 6.45) is 1.75. The molecule has 0 bridgehead atoms. The van der Waals surface area contributed by atoms with Crippen LogP contribution in [0.2, 0.25) is 0 Å².